The second-order valence-corrected chi connectivity index (χ2v) is 34.1. The maximum absolute atomic E-state index is 2.87. The van der Waals surface area contributed by atoms with Gasteiger partial charge in [0.05, 0.1) is 11.1 Å². The molecule has 4 aliphatic heterocycles. The first kappa shape index (κ1) is 56.9. The van der Waals surface area contributed by atoms with Gasteiger partial charge < -0.3 is 19.6 Å². The van der Waals surface area contributed by atoms with Crippen molar-refractivity contribution < 1.29 is 0 Å². The molecule has 0 bridgehead atoms. The average molecular weight is 1190 g/mol. The van der Waals surface area contributed by atoms with Gasteiger partial charge in [-0.05, 0) is 176 Å². The number of anilines is 10. The Balaban J connectivity index is 0.969. The number of benzene rings is 10. The van der Waals surface area contributed by atoms with E-state index in [2.05, 4.69) is 325 Å². The Labute approximate surface area is 537 Å². The maximum atomic E-state index is 2.86. The fourth-order valence-corrected chi connectivity index (χ4v) is 23.2. The van der Waals surface area contributed by atoms with Crippen LogP contribution in [0.15, 0.2) is 237 Å². The van der Waals surface area contributed by atoms with Gasteiger partial charge in [-0.3, -0.25) is 0 Å². The third kappa shape index (κ3) is 8.04. The molecule has 4 nitrogen and oxygen atoms in total. The standard InChI is InChI=1S/C84H85BN4Si/c1-79(2,3)58-39-42-61(43-40-58)87-75-54-62(88-72-47-41-59(80(4,5)6)53-68(72)81(7)49-25-27-51-83(81,88)9)44-46-71(75)85-70-37-23-24-38-74(70)86(60-29-15-11-16-30-60)76-55-63(56-77(87)78(76)85)89-73-48-45-67(57-69(73)82(8)50-26-28-52-84(82,89)10)90(64-31-17-12-18-32-64,65-33-19-13-20-34-65)66-35-21-14-22-36-66/h11-24,29-48,53-57H,25-28,49-52H2,1-10H3. The first-order valence-corrected chi connectivity index (χ1v) is 35.6. The van der Waals surface area contributed by atoms with Crippen LogP contribution in [0.3, 0.4) is 0 Å². The maximum Gasteiger partial charge on any atom is 0.252 e. The first-order chi connectivity index (χ1) is 43.4. The molecule has 10 aromatic rings. The molecule has 4 heterocycles. The minimum atomic E-state index is -2.87. The zero-order chi connectivity index (χ0) is 61.7. The summed E-state index contributed by atoms with van der Waals surface area (Å²) < 4.78 is 0. The fraction of sp³-hybridized carbons (Fsp3) is 0.286. The van der Waals surface area contributed by atoms with Crippen LogP contribution in [-0.2, 0) is 21.7 Å². The van der Waals surface area contributed by atoms with Crippen LogP contribution in [0.4, 0.5) is 56.9 Å². The van der Waals surface area contributed by atoms with Crippen molar-refractivity contribution in [3.63, 3.8) is 0 Å². The Morgan fingerprint density at radius 3 is 1.31 bits per heavy atom. The van der Waals surface area contributed by atoms with E-state index in [1.54, 1.807) is 0 Å². The summed E-state index contributed by atoms with van der Waals surface area (Å²) in [5, 5.41) is 5.65. The minimum Gasteiger partial charge on any atom is -0.334 e. The molecule has 16 rings (SSSR count). The Morgan fingerprint density at radius 2 is 0.756 bits per heavy atom. The van der Waals surface area contributed by atoms with Gasteiger partial charge in [0, 0.05) is 67.7 Å². The molecule has 0 aromatic heterocycles. The van der Waals surface area contributed by atoms with Crippen molar-refractivity contribution >= 4 is 109 Å². The van der Waals surface area contributed by atoms with Crippen LogP contribution in [0.1, 0.15) is 143 Å². The number of hydrogen-bond donors (Lipinski definition) is 0. The molecule has 2 aliphatic carbocycles. The number of rotatable bonds is 8. The molecule has 0 radical (unpaired) electrons. The van der Waals surface area contributed by atoms with Crippen molar-refractivity contribution in [1.29, 1.82) is 0 Å². The zero-order valence-corrected chi connectivity index (χ0v) is 55.5. The molecule has 0 spiro atoms. The van der Waals surface area contributed by atoms with Gasteiger partial charge in [0.25, 0.3) is 6.71 Å². The lowest BCUT2D eigenvalue weighted by atomic mass is 9.33. The number of nitrogens with zero attached hydrogens (tertiary/aromatic N) is 4. The predicted molar refractivity (Wildman–Crippen MR) is 387 cm³/mol. The van der Waals surface area contributed by atoms with Gasteiger partial charge in [-0.15, -0.1) is 0 Å². The van der Waals surface area contributed by atoms with Gasteiger partial charge in [-0.25, -0.2) is 0 Å². The second kappa shape index (κ2) is 20.3. The highest BCUT2D eigenvalue weighted by atomic mass is 28.3. The van der Waals surface area contributed by atoms with E-state index in [-0.39, 0.29) is 39.5 Å². The van der Waals surface area contributed by atoms with E-state index in [4.69, 9.17) is 0 Å². The smallest absolute Gasteiger partial charge is 0.252 e. The monoisotopic (exact) mass is 1190 g/mol. The van der Waals surface area contributed by atoms with E-state index in [0.717, 1.165) is 19.3 Å². The number of para-hydroxylation sites is 2. The summed E-state index contributed by atoms with van der Waals surface area (Å²) in [6.07, 6.45) is 9.39. The van der Waals surface area contributed by atoms with E-state index < -0.39 is 8.07 Å². The molecule has 90 heavy (non-hydrogen) atoms. The molecule has 6 aliphatic rings. The lowest BCUT2D eigenvalue weighted by molar-refractivity contribution is 0.195. The fourth-order valence-electron chi connectivity index (χ4n) is 18.5. The van der Waals surface area contributed by atoms with E-state index >= 15 is 0 Å². The van der Waals surface area contributed by atoms with Crippen molar-refractivity contribution in [2.75, 3.05) is 19.6 Å². The average Bonchev–Trinajstić information content (AvgIpc) is 1.31. The van der Waals surface area contributed by atoms with Crippen molar-refractivity contribution in [3.8, 4) is 0 Å². The topological polar surface area (TPSA) is 13.0 Å². The Kier molecular flexibility index (Phi) is 12.9. The molecule has 448 valence electrons. The van der Waals surface area contributed by atoms with Crippen LogP contribution in [0.5, 0.6) is 0 Å². The van der Waals surface area contributed by atoms with Crippen LogP contribution in [0.2, 0.25) is 0 Å². The van der Waals surface area contributed by atoms with Gasteiger partial charge in [0.2, 0.25) is 0 Å². The normalized spacial score (nSPS) is 22.3. The largest absolute Gasteiger partial charge is 0.334 e. The Hall–Kier alpha value is -8.32. The molecular formula is C84H85BN4Si. The highest BCUT2D eigenvalue weighted by molar-refractivity contribution is 7.20. The third-order valence-electron chi connectivity index (χ3n) is 23.6. The highest BCUT2D eigenvalue weighted by Crippen LogP contribution is 2.64. The van der Waals surface area contributed by atoms with Gasteiger partial charge >= 0.3 is 0 Å². The highest BCUT2D eigenvalue weighted by Gasteiger charge is 2.60. The Bertz CT molecular complexity index is 4340. The number of hydrogen-bond acceptors (Lipinski definition) is 4. The molecule has 2 saturated carbocycles. The van der Waals surface area contributed by atoms with Crippen LogP contribution < -0.4 is 56.7 Å². The summed E-state index contributed by atoms with van der Waals surface area (Å²) in [4.78, 5) is 11.0. The number of fused-ring (bicyclic) bond motifs is 10. The third-order valence-corrected chi connectivity index (χ3v) is 28.4. The van der Waals surface area contributed by atoms with E-state index in [0.29, 0.717) is 0 Å². The predicted octanol–water partition coefficient (Wildman–Crippen LogP) is 17.2. The second-order valence-electron chi connectivity index (χ2n) is 30.3. The van der Waals surface area contributed by atoms with E-state index in [9.17, 15) is 0 Å². The molecule has 6 heteroatoms. The molecular weight excluding hydrogens is 1100 g/mol. The summed E-state index contributed by atoms with van der Waals surface area (Å²) >= 11 is 0. The quantitative estimate of drug-likeness (QED) is 0.111. The molecule has 4 unspecified atom stereocenters. The zero-order valence-electron chi connectivity index (χ0n) is 54.5. The van der Waals surface area contributed by atoms with Gasteiger partial charge in [-0.1, -0.05) is 251 Å². The SMILES string of the molecule is CC(C)(C)c1ccc(N2c3cc(N4c5ccc(C(C)(C)C)cc5C5(C)CCCCC45C)ccc3B3c4ccccc4N(c4ccccc4)c4cc(N5c6ccc([Si](c7ccccc7)(c7ccccc7)c7ccccc7)cc6C6(C)CCCCC56C)cc2c43)cc1. The van der Waals surface area contributed by atoms with Crippen LogP contribution in [0.25, 0.3) is 0 Å². The molecule has 2 fully saturated rings. The van der Waals surface area contributed by atoms with Crippen molar-refractivity contribution in [2.24, 2.45) is 0 Å². The van der Waals surface area contributed by atoms with Gasteiger partial charge in [0.1, 0.15) is 0 Å². The minimum absolute atomic E-state index is 0.00926. The lowest BCUT2D eigenvalue weighted by Crippen LogP contribution is -2.74. The summed E-state index contributed by atoms with van der Waals surface area (Å²) in [7, 11) is -2.87. The van der Waals surface area contributed by atoms with Crippen LogP contribution in [-0.4, -0.2) is 25.9 Å². The molecule has 0 saturated heterocycles. The van der Waals surface area contributed by atoms with Crippen LogP contribution >= 0.6 is 0 Å². The molecule has 10 aromatic carbocycles. The summed E-state index contributed by atoms with van der Waals surface area (Å²) in [5.74, 6) is 0. The van der Waals surface area contributed by atoms with E-state index in [1.165, 1.54) is 148 Å². The first-order valence-electron chi connectivity index (χ1n) is 33.6. The summed E-state index contributed by atoms with van der Waals surface area (Å²) in [6, 6.07) is 93.0. The summed E-state index contributed by atoms with van der Waals surface area (Å²) in [6.45, 7) is 24.6. The Morgan fingerprint density at radius 1 is 0.333 bits per heavy atom. The van der Waals surface area contributed by atoms with Crippen molar-refractivity contribution in [3.05, 3.63) is 259 Å². The van der Waals surface area contributed by atoms with Crippen molar-refractivity contribution in [2.45, 2.75) is 153 Å². The van der Waals surface area contributed by atoms with Gasteiger partial charge in [-0.2, -0.15) is 0 Å². The lowest BCUT2D eigenvalue weighted by Gasteiger charge is -2.51. The molecule has 4 atom stereocenters. The van der Waals surface area contributed by atoms with Crippen LogP contribution in [0, 0.1) is 0 Å². The molecule has 0 N–H and O–H groups in total. The van der Waals surface area contributed by atoms with Gasteiger partial charge in [0.15, 0.2) is 8.07 Å². The molecule has 0 amide bonds. The van der Waals surface area contributed by atoms with Crippen molar-refractivity contribution in [1.82, 2.24) is 0 Å². The van der Waals surface area contributed by atoms with E-state index in [1.807, 2.05) is 0 Å². The summed E-state index contributed by atoms with van der Waals surface area (Å²) in [5.41, 5.74) is 21.8.